The number of nitrogens with one attached hydrogen (secondary N) is 1. The van der Waals surface area contributed by atoms with E-state index in [1.165, 1.54) is 11.8 Å². The van der Waals surface area contributed by atoms with E-state index >= 15 is 0 Å². The molecule has 0 bridgehead atoms. The minimum Gasteiger partial charge on any atom is -0.374 e. The first kappa shape index (κ1) is 15.6. The number of hydrazine groups is 1. The Morgan fingerprint density at radius 3 is 2.48 bits per heavy atom. The van der Waals surface area contributed by atoms with E-state index in [0.717, 1.165) is 16.4 Å². The highest BCUT2D eigenvalue weighted by Gasteiger charge is 2.08. The maximum absolute atomic E-state index is 5.44. The van der Waals surface area contributed by atoms with Gasteiger partial charge in [-0.05, 0) is 38.6 Å². The third kappa shape index (κ3) is 4.62. The fourth-order valence-electron chi connectivity index (χ4n) is 1.69. The normalized spacial score (nSPS) is 10.7. The van der Waals surface area contributed by atoms with Gasteiger partial charge >= 0.3 is 0 Å². The van der Waals surface area contributed by atoms with Crippen LogP contribution in [0.15, 0.2) is 22.3 Å². The van der Waals surface area contributed by atoms with Crippen molar-refractivity contribution in [2.75, 3.05) is 12.0 Å². The molecule has 2 heterocycles. The van der Waals surface area contributed by atoms with Gasteiger partial charge in [-0.3, -0.25) is 0 Å². The first-order valence-corrected chi connectivity index (χ1v) is 7.34. The van der Waals surface area contributed by atoms with E-state index in [4.69, 9.17) is 10.6 Å². The molecule has 21 heavy (non-hydrogen) atoms. The molecule has 2 aromatic rings. The molecule has 2 rings (SSSR count). The molecule has 2 aromatic heterocycles. The van der Waals surface area contributed by atoms with E-state index in [1.807, 2.05) is 26.8 Å². The van der Waals surface area contributed by atoms with Crippen molar-refractivity contribution in [3.8, 4) is 0 Å². The van der Waals surface area contributed by atoms with Gasteiger partial charge in [0.15, 0.2) is 11.0 Å². The van der Waals surface area contributed by atoms with E-state index in [-0.39, 0.29) is 0 Å². The Hall–Kier alpha value is -1.77. The molecule has 0 atom stereocenters. The molecule has 0 aromatic carbocycles. The molecule has 0 aliphatic carbocycles. The average Bonchev–Trinajstić information content (AvgIpc) is 2.43. The summed E-state index contributed by atoms with van der Waals surface area (Å²) in [6.07, 6.45) is 0. The highest BCUT2D eigenvalue weighted by atomic mass is 32.2. The number of hydrogen-bond acceptors (Lipinski definition) is 8. The molecule has 0 spiro atoms. The predicted molar refractivity (Wildman–Crippen MR) is 80.8 cm³/mol. The molecular weight excluding hydrogens is 288 g/mol. The maximum atomic E-state index is 5.44. The standard InChI is InChI=1S/C13H18N6OS/c1-4-20-7-11-17-10(19-14)6-12(18-11)21-13-15-8(2)5-9(3)16-13/h5-6H,4,7,14H2,1-3H3,(H,17,18,19). The van der Waals surface area contributed by atoms with Gasteiger partial charge in [0.2, 0.25) is 0 Å². The Bertz CT molecular complexity index is 601. The lowest BCUT2D eigenvalue weighted by atomic mass is 10.4. The Balaban J connectivity index is 2.25. The SMILES string of the molecule is CCOCc1nc(NN)cc(Sc2nc(C)cc(C)n2)n1. The summed E-state index contributed by atoms with van der Waals surface area (Å²) in [5.41, 5.74) is 4.38. The monoisotopic (exact) mass is 306 g/mol. The van der Waals surface area contributed by atoms with Gasteiger partial charge in [-0.2, -0.15) is 0 Å². The number of rotatable bonds is 6. The summed E-state index contributed by atoms with van der Waals surface area (Å²) in [5, 5.41) is 1.37. The van der Waals surface area contributed by atoms with Crippen molar-refractivity contribution in [3.63, 3.8) is 0 Å². The number of aryl methyl sites for hydroxylation is 2. The lowest BCUT2D eigenvalue weighted by Gasteiger charge is -2.07. The topological polar surface area (TPSA) is 98.8 Å². The second-order valence-corrected chi connectivity index (χ2v) is 5.31. The van der Waals surface area contributed by atoms with Gasteiger partial charge in [0.05, 0.1) is 0 Å². The van der Waals surface area contributed by atoms with Crippen molar-refractivity contribution in [2.45, 2.75) is 37.6 Å². The summed E-state index contributed by atoms with van der Waals surface area (Å²) in [5.74, 6) is 6.54. The second-order valence-electron chi connectivity index (χ2n) is 4.32. The fourth-order valence-corrected chi connectivity index (χ4v) is 2.58. The quantitative estimate of drug-likeness (QED) is 0.361. The minimum atomic E-state index is 0.341. The second kappa shape index (κ2) is 7.30. The van der Waals surface area contributed by atoms with E-state index in [2.05, 4.69) is 25.4 Å². The number of nitrogen functional groups attached to an aromatic ring is 1. The van der Waals surface area contributed by atoms with Crippen molar-refractivity contribution in [2.24, 2.45) is 5.84 Å². The van der Waals surface area contributed by atoms with Crippen molar-refractivity contribution in [1.82, 2.24) is 19.9 Å². The van der Waals surface area contributed by atoms with Crippen LogP contribution in [0, 0.1) is 13.8 Å². The van der Waals surface area contributed by atoms with Crippen molar-refractivity contribution >= 4 is 17.6 Å². The first-order chi connectivity index (χ1) is 10.1. The van der Waals surface area contributed by atoms with Crippen molar-refractivity contribution < 1.29 is 4.74 Å². The van der Waals surface area contributed by atoms with Crippen LogP contribution >= 0.6 is 11.8 Å². The van der Waals surface area contributed by atoms with E-state index in [1.54, 1.807) is 6.07 Å². The van der Waals surface area contributed by atoms with Crippen LogP contribution in [0.5, 0.6) is 0 Å². The lowest BCUT2D eigenvalue weighted by molar-refractivity contribution is 0.128. The molecule has 0 aliphatic heterocycles. The number of aromatic nitrogens is 4. The highest BCUT2D eigenvalue weighted by Crippen LogP contribution is 2.25. The minimum absolute atomic E-state index is 0.341. The van der Waals surface area contributed by atoms with Gasteiger partial charge < -0.3 is 10.2 Å². The van der Waals surface area contributed by atoms with Gasteiger partial charge in [0.1, 0.15) is 17.5 Å². The van der Waals surface area contributed by atoms with Crippen LogP contribution in [-0.4, -0.2) is 26.5 Å². The number of hydrogen-bond donors (Lipinski definition) is 2. The van der Waals surface area contributed by atoms with Crippen LogP contribution in [0.25, 0.3) is 0 Å². The Morgan fingerprint density at radius 1 is 1.14 bits per heavy atom. The smallest absolute Gasteiger partial charge is 0.194 e. The van der Waals surface area contributed by atoms with E-state index in [0.29, 0.717) is 30.0 Å². The maximum Gasteiger partial charge on any atom is 0.194 e. The molecular formula is C13H18N6OS. The van der Waals surface area contributed by atoms with Crippen LogP contribution in [0.2, 0.25) is 0 Å². The molecule has 0 fully saturated rings. The fraction of sp³-hybridized carbons (Fsp3) is 0.385. The molecule has 0 saturated carbocycles. The molecule has 0 saturated heterocycles. The van der Waals surface area contributed by atoms with Crippen molar-refractivity contribution in [3.05, 3.63) is 29.3 Å². The number of anilines is 1. The van der Waals surface area contributed by atoms with Gasteiger partial charge in [-0.15, -0.1) is 0 Å². The highest BCUT2D eigenvalue weighted by molar-refractivity contribution is 7.99. The average molecular weight is 306 g/mol. The zero-order valence-electron chi connectivity index (χ0n) is 12.3. The molecule has 7 nitrogen and oxygen atoms in total. The summed E-state index contributed by atoms with van der Waals surface area (Å²) in [6, 6.07) is 3.68. The zero-order valence-corrected chi connectivity index (χ0v) is 13.1. The first-order valence-electron chi connectivity index (χ1n) is 6.53. The van der Waals surface area contributed by atoms with Gasteiger partial charge in [-0.1, -0.05) is 0 Å². The third-order valence-corrected chi connectivity index (χ3v) is 3.27. The number of nitrogens with zero attached hydrogens (tertiary/aromatic N) is 4. The van der Waals surface area contributed by atoms with Crippen LogP contribution < -0.4 is 11.3 Å². The lowest BCUT2D eigenvalue weighted by Crippen LogP contribution is -2.11. The summed E-state index contributed by atoms with van der Waals surface area (Å²) in [6.45, 7) is 6.74. The predicted octanol–water partition coefficient (Wildman–Crippen LogP) is 1.86. The van der Waals surface area contributed by atoms with Crippen LogP contribution in [-0.2, 0) is 11.3 Å². The number of ether oxygens (including phenoxy) is 1. The van der Waals surface area contributed by atoms with E-state index < -0.39 is 0 Å². The summed E-state index contributed by atoms with van der Waals surface area (Å²) in [4.78, 5) is 17.4. The molecule has 0 radical (unpaired) electrons. The van der Waals surface area contributed by atoms with Gasteiger partial charge in [0, 0.05) is 24.1 Å². The third-order valence-electron chi connectivity index (χ3n) is 2.49. The Kier molecular flexibility index (Phi) is 5.43. The van der Waals surface area contributed by atoms with Crippen LogP contribution in [0.3, 0.4) is 0 Å². The Morgan fingerprint density at radius 2 is 1.86 bits per heavy atom. The van der Waals surface area contributed by atoms with Crippen LogP contribution in [0.1, 0.15) is 24.1 Å². The molecule has 0 unspecified atom stereocenters. The van der Waals surface area contributed by atoms with Crippen LogP contribution in [0.4, 0.5) is 5.82 Å². The summed E-state index contributed by atoms with van der Waals surface area (Å²) in [7, 11) is 0. The molecule has 112 valence electrons. The summed E-state index contributed by atoms with van der Waals surface area (Å²) >= 11 is 1.37. The van der Waals surface area contributed by atoms with Gasteiger partial charge in [0.25, 0.3) is 0 Å². The van der Waals surface area contributed by atoms with E-state index in [9.17, 15) is 0 Å². The zero-order chi connectivity index (χ0) is 15.2. The molecule has 3 N–H and O–H groups in total. The summed E-state index contributed by atoms with van der Waals surface area (Å²) < 4.78 is 5.33. The number of nitrogens with two attached hydrogens (primary N) is 1. The molecule has 0 amide bonds. The van der Waals surface area contributed by atoms with Crippen molar-refractivity contribution in [1.29, 1.82) is 0 Å². The molecule has 8 heteroatoms. The largest absolute Gasteiger partial charge is 0.374 e. The Labute approximate surface area is 127 Å². The molecule has 0 aliphatic rings. The van der Waals surface area contributed by atoms with Gasteiger partial charge in [-0.25, -0.2) is 25.8 Å².